The molecule has 2 aliphatic carbocycles. The van der Waals surface area contributed by atoms with Crippen LogP contribution >= 0.6 is 0 Å². The summed E-state index contributed by atoms with van der Waals surface area (Å²) in [4.78, 5) is 0. The van der Waals surface area contributed by atoms with Gasteiger partial charge < -0.3 is 4.42 Å². The first-order chi connectivity index (χ1) is 24.8. The molecule has 1 aromatic heterocycles. The van der Waals surface area contributed by atoms with E-state index >= 15 is 0 Å². The maximum Gasteiger partial charge on any atom is 0.135 e. The van der Waals surface area contributed by atoms with Gasteiger partial charge in [-0.3, -0.25) is 0 Å². The van der Waals surface area contributed by atoms with Crippen LogP contribution in [-0.4, -0.2) is 0 Å². The van der Waals surface area contributed by atoms with E-state index in [1.54, 1.807) is 0 Å². The number of hydrogen-bond donors (Lipinski definition) is 0. The topological polar surface area (TPSA) is 13.1 Å². The standard InChI is InChI=1S/C50H36O/c1-49(2)40-22-12-9-15-30(40)38-28-39(48-46(47(38)49)36-21-10-13-23-41(36)50(48,3)4)45-34-19-7-5-17-32(34)44(33-18-6-8-20-35(33)45)29-25-26-43-37(27-29)31-16-11-14-24-42(31)51-43/h5-28H,1-4H3. The van der Waals surface area contributed by atoms with Crippen molar-refractivity contribution in [2.75, 3.05) is 0 Å². The highest BCUT2D eigenvalue weighted by Crippen LogP contribution is 2.62. The molecule has 2 aliphatic rings. The van der Waals surface area contributed by atoms with E-state index < -0.39 is 0 Å². The van der Waals surface area contributed by atoms with Gasteiger partial charge in [0.15, 0.2) is 0 Å². The van der Waals surface area contributed by atoms with Gasteiger partial charge in [-0.2, -0.15) is 0 Å². The van der Waals surface area contributed by atoms with Crippen LogP contribution in [0.2, 0.25) is 0 Å². The average Bonchev–Trinajstić information content (AvgIpc) is 3.73. The molecule has 0 saturated heterocycles. The monoisotopic (exact) mass is 652 g/mol. The Labute approximate surface area is 297 Å². The summed E-state index contributed by atoms with van der Waals surface area (Å²) in [5, 5.41) is 7.39. The van der Waals surface area contributed by atoms with E-state index in [9.17, 15) is 0 Å². The molecule has 0 amide bonds. The molecule has 1 heterocycles. The third kappa shape index (κ3) is 3.66. The first-order valence-corrected chi connectivity index (χ1v) is 18.1. The van der Waals surface area contributed by atoms with Crippen LogP contribution in [0.15, 0.2) is 150 Å². The first-order valence-electron chi connectivity index (χ1n) is 18.1. The van der Waals surface area contributed by atoms with Crippen molar-refractivity contribution in [1.29, 1.82) is 0 Å². The highest BCUT2D eigenvalue weighted by Gasteiger charge is 2.46. The zero-order chi connectivity index (χ0) is 34.2. The predicted molar refractivity (Wildman–Crippen MR) is 215 cm³/mol. The van der Waals surface area contributed by atoms with Crippen molar-refractivity contribution >= 4 is 43.5 Å². The molecular formula is C50H36O. The molecule has 8 aromatic carbocycles. The Bertz CT molecular complexity index is 2910. The molecule has 1 nitrogen and oxygen atoms in total. The van der Waals surface area contributed by atoms with Crippen LogP contribution in [-0.2, 0) is 10.8 Å². The fraction of sp³-hybridized carbons (Fsp3) is 0.120. The zero-order valence-electron chi connectivity index (χ0n) is 29.3. The molecule has 0 radical (unpaired) electrons. The van der Waals surface area contributed by atoms with Gasteiger partial charge >= 0.3 is 0 Å². The van der Waals surface area contributed by atoms with Gasteiger partial charge in [0.25, 0.3) is 0 Å². The Morgan fingerprint density at radius 2 is 0.843 bits per heavy atom. The van der Waals surface area contributed by atoms with E-state index in [4.69, 9.17) is 4.42 Å². The molecule has 1 heteroatoms. The second-order valence-corrected chi connectivity index (χ2v) is 15.6. The van der Waals surface area contributed by atoms with Gasteiger partial charge in [-0.15, -0.1) is 0 Å². The summed E-state index contributed by atoms with van der Waals surface area (Å²) >= 11 is 0. The Kier molecular flexibility index (Phi) is 5.58. The van der Waals surface area contributed by atoms with Gasteiger partial charge in [-0.05, 0) is 113 Å². The third-order valence-corrected chi connectivity index (χ3v) is 12.2. The van der Waals surface area contributed by atoms with Crippen molar-refractivity contribution in [3.8, 4) is 44.5 Å². The lowest BCUT2D eigenvalue weighted by Crippen LogP contribution is -2.19. The van der Waals surface area contributed by atoms with Crippen LogP contribution in [0, 0.1) is 0 Å². The molecule has 0 unspecified atom stereocenters. The van der Waals surface area contributed by atoms with Gasteiger partial charge in [-0.1, -0.05) is 149 Å². The second-order valence-electron chi connectivity index (χ2n) is 15.6. The average molecular weight is 653 g/mol. The zero-order valence-corrected chi connectivity index (χ0v) is 29.3. The van der Waals surface area contributed by atoms with Crippen molar-refractivity contribution in [1.82, 2.24) is 0 Å². The van der Waals surface area contributed by atoms with Crippen molar-refractivity contribution in [3.05, 3.63) is 168 Å². The second kappa shape index (κ2) is 9.86. The normalized spacial score (nSPS) is 15.0. The molecule has 0 N–H and O–H groups in total. The maximum atomic E-state index is 6.26. The molecule has 0 aliphatic heterocycles. The molecule has 0 atom stereocenters. The lowest BCUT2D eigenvalue weighted by Gasteiger charge is -2.30. The summed E-state index contributed by atoms with van der Waals surface area (Å²) in [6.45, 7) is 9.72. The fourth-order valence-electron chi connectivity index (χ4n) is 10.0. The van der Waals surface area contributed by atoms with Crippen LogP contribution in [0.3, 0.4) is 0 Å². The minimum Gasteiger partial charge on any atom is -0.456 e. The van der Waals surface area contributed by atoms with Gasteiger partial charge in [0.05, 0.1) is 0 Å². The van der Waals surface area contributed by atoms with E-state index in [0.29, 0.717) is 0 Å². The molecule has 11 rings (SSSR count). The van der Waals surface area contributed by atoms with E-state index in [2.05, 4.69) is 167 Å². The highest BCUT2D eigenvalue weighted by atomic mass is 16.3. The Balaban J connectivity index is 1.30. The van der Waals surface area contributed by atoms with Crippen molar-refractivity contribution < 1.29 is 4.42 Å². The largest absolute Gasteiger partial charge is 0.456 e. The Morgan fingerprint density at radius 3 is 1.51 bits per heavy atom. The summed E-state index contributed by atoms with van der Waals surface area (Å²) in [5.74, 6) is 0. The number of furan rings is 1. The highest BCUT2D eigenvalue weighted by molar-refractivity contribution is 6.23. The lowest BCUT2D eigenvalue weighted by atomic mass is 9.73. The minimum absolute atomic E-state index is 0.119. The smallest absolute Gasteiger partial charge is 0.135 e. The molecule has 0 saturated carbocycles. The summed E-state index contributed by atoms with van der Waals surface area (Å²) in [7, 11) is 0. The van der Waals surface area contributed by atoms with E-state index in [1.807, 2.05) is 6.07 Å². The number of fused-ring (bicyclic) bond motifs is 12. The third-order valence-electron chi connectivity index (χ3n) is 12.2. The van der Waals surface area contributed by atoms with Crippen molar-refractivity contribution in [3.63, 3.8) is 0 Å². The van der Waals surface area contributed by atoms with Crippen LogP contribution < -0.4 is 0 Å². The van der Waals surface area contributed by atoms with Gasteiger partial charge in [-0.25, -0.2) is 0 Å². The van der Waals surface area contributed by atoms with Crippen LogP contribution in [0.5, 0.6) is 0 Å². The predicted octanol–water partition coefficient (Wildman–Crippen LogP) is 13.8. The summed E-state index contributed by atoms with van der Waals surface area (Å²) in [5.41, 5.74) is 17.9. The molecule has 242 valence electrons. The SMILES string of the molecule is CC1(C)c2ccccc2-c2cc(-c3c4ccccc4c(-c4ccc5oc6ccccc6c5c4)c4ccccc34)c3c(c21)-c1ccccc1C3(C)C. The van der Waals surface area contributed by atoms with Crippen molar-refractivity contribution in [2.24, 2.45) is 0 Å². The first kappa shape index (κ1) is 28.9. The van der Waals surface area contributed by atoms with Crippen LogP contribution in [0.1, 0.15) is 49.9 Å². The quantitative estimate of drug-likeness (QED) is 0.169. The maximum absolute atomic E-state index is 6.26. The Morgan fingerprint density at radius 1 is 0.353 bits per heavy atom. The van der Waals surface area contributed by atoms with Crippen molar-refractivity contribution in [2.45, 2.75) is 38.5 Å². The summed E-state index contributed by atoms with van der Waals surface area (Å²) in [6.07, 6.45) is 0. The van der Waals surface area contributed by atoms with Gasteiger partial charge in [0.1, 0.15) is 11.2 Å². The number of benzene rings is 8. The molecule has 0 fully saturated rings. The molecule has 0 bridgehead atoms. The number of rotatable bonds is 2. The van der Waals surface area contributed by atoms with E-state index in [-0.39, 0.29) is 10.8 Å². The van der Waals surface area contributed by atoms with Crippen LogP contribution in [0.25, 0.3) is 88.0 Å². The number of hydrogen-bond acceptors (Lipinski definition) is 1. The molecule has 0 spiro atoms. The summed E-state index contributed by atoms with van der Waals surface area (Å²) in [6, 6.07) is 54.0. The molecule has 9 aromatic rings. The van der Waals surface area contributed by atoms with E-state index in [1.165, 1.54) is 88.3 Å². The lowest BCUT2D eigenvalue weighted by molar-refractivity contribution is 0.649. The van der Waals surface area contributed by atoms with Gasteiger partial charge in [0.2, 0.25) is 0 Å². The molecule has 51 heavy (non-hydrogen) atoms. The molecular weight excluding hydrogens is 617 g/mol. The number of para-hydroxylation sites is 1. The van der Waals surface area contributed by atoms with Gasteiger partial charge in [0, 0.05) is 21.6 Å². The van der Waals surface area contributed by atoms with E-state index in [0.717, 1.165) is 21.9 Å². The summed E-state index contributed by atoms with van der Waals surface area (Å²) < 4.78 is 6.26. The Hall–Kier alpha value is -5.92. The minimum atomic E-state index is -0.185. The van der Waals surface area contributed by atoms with Crippen LogP contribution in [0.4, 0.5) is 0 Å². The fourth-order valence-corrected chi connectivity index (χ4v) is 10.0.